The van der Waals surface area contributed by atoms with E-state index in [0.29, 0.717) is 18.1 Å². The Kier molecular flexibility index (Phi) is 3.95. The molecule has 1 heterocycles. The van der Waals surface area contributed by atoms with Crippen LogP contribution in [-0.4, -0.2) is 11.3 Å². The van der Waals surface area contributed by atoms with Gasteiger partial charge >= 0.3 is 0 Å². The lowest BCUT2D eigenvalue weighted by atomic mass is 10.1. The molecule has 0 unspecified atom stereocenters. The molecular formula is C16H17NO2. The van der Waals surface area contributed by atoms with Crippen LogP contribution in [0.15, 0.2) is 30.3 Å². The van der Waals surface area contributed by atoms with E-state index in [1.807, 2.05) is 19.1 Å². The number of aldehydes is 1. The largest absolute Gasteiger partial charge is 0.487 e. The molecule has 0 aliphatic rings. The van der Waals surface area contributed by atoms with E-state index < -0.39 is 0 Å². The second kappa shape index (κ2) is 5.65. The lowest BCUT2D eigenvalue weighted by Gasteiger charge is -2.09. The maximum atomic E-state index is 10.9. The number of benzene rings is 1. The third-order valence-electron chi connectivity index (χ3n) is 3.10. The summed E-state index contributed by atoms with van der Waals surface area (Å²) in [5.41, 5.74) is 4.73. The van der Waals surface area contributed by atoms with Gasteiger partial charge in [0.15, 0.2) is 6.29 Å². The number of carbonyl (C=O) groups excluding carboxylic acids is 1. The van der Waals surface area contributed by atoms with Gasteiger partial charge in [-0.05, 0) is 49.6 Å². The Hall–Kier alpha value is -2.16. The lowest BCUT2D eigenvalue weighted by Crippen LogP contribution is -2.01. The Morgan fingerprint density at radius 3 is 2.58 bits per heavy atom. The maximum Gasteiger partial charge on any atom is 0.172 e. The molecule has 0 fully saturated rings. The summed E-state index contributed by atoms with van der Waals surface area (Å²) in [5.74, 6) is 0.527. The Balaban J connectivity index is 2.14. The third-order valence-corrected chi connectivity index (χ3v) is 3.10. The lowest BCUT2D eigenvalue weighted by molar-refractivity contribution is 0.111. The molecule has 0 N–H and O–H groups in total. The number of hydrogen-bond acceptors (Lipinski definition) is 3. The summed E-state index contributed by atoms with van der Waals surface area (Å²) in [6.45, 7) is 6.43. The van der Waals surface area contributed by atoms with Crippen LogP contribution in [0.4, 0.5) is 0 Å². The molecule has 3 heteroatoms. The van der Waals surface area contributed by atoms with Gasteiger partial charge < -0.3 is 4.74 Å². The van der Waals surface area contributed by atoms with Crippen LogP contribution in [0.2, 0.25) is 0 Å². The summed E-state index contributed by atoms with van der Waals surface area (Å²) in [5, 5.41) is 0. The first-order valence-electron chi connectivity index (χ1n) is 6.22. The zero-order valence-corrected chi connectivity index (χ0v) is 11.4. The van der Waals surface area contributed by atoms with Crippen molar-refractivity contribution in [2.24, 2.45) is 0 Å². The van der Waals surface area contributed by atoms with Crippen molar-refractivity contribution in [2.75, 3.05) is 0 Å². The van der Waals surface area contributed by atoms with Crippen molar-refractivity contribution in [3.63, 3.8) is 0 Å². The molecule has 0 amide bonds. The SMILES string of the molecule is Cc1ccc(OCc2ccc(C)c(C)c2)c(C=O)n1. The van der Waals surface area contributed by atoms with E-state index in [4.69, 9.17) is 4.74 Å². The first-order valence-corrected chi connectivity index (χ1v) is 6.22. The highest BCUT2D eigenvalue weighted by Crippen LogP contribution is 2.18. The zero-order valence-electron chi connectivity index (χ0n) is 11.4. The molecule has 0 radical (unpaired) electrons. The number of rotatable bonds is 4. The molecular weight excluding hydrogens is 238 g/mol. The maximum absolute atomic E-state index is 10.9. The molecule has 19 heavy (non-hydrogen) atoms. The fourth-order valence-corrected chi connectivity index (χ4v) is 1.82. The molecule has 0 aliphatic carbocycles. The van der Waals surface area contributed by atoms with Crippen LogP contribution in [-0.2, 0) is 6.61 Å². The molecule has 0 saturated carbocycles. The molecule has 3 nitrogen and oxygen atoms in total. The van der Waals surface area contributed by atoms with Crippen molar-refractivity contribution in [3.8, 4) is 5.75 Å². The van der Waals surface area contributed by atoms with Crippen LogP contribution in [0.3, 0.4) is 0 Å². The molecule has 0 bridgehead atoms. The number of hydrogen-bond donors (Lipinski definition) is 0. The van der Waals surface area contributed by atoms with Crippen molar-refractivity contribution in [1.82, 2.24) is 4.98 Å². The van der Waals surface area contributed by atoms with Gasteiger partial charge in [-0.25, -0.2) is 4.98 Å². The number of pyridine rings is 1. The van der Waals surface area contributed by atoms with E-state index in [1.54, 1.807) is 6.07 Å². The minimum atomic E-state index is 0.351. The van der Waals surface area contributed by atoms with Gasteiger partial charge in [-0.15, -0.1) is 0 Å². The van der Waals surface area contributed by atoms with Crippen molar-refractivity contribution < 1.29 is 9.53 Å². The Morgan fingerprint density at radius 2 is 1.89 bits per heavy atom. The van der Waals surface area contributed by atoms with Crippen molar-refractivity contribution >= 4 is 6.29 Å². The summed E-state index contributed by atoms with van der Waals surface area (Å²) in [7, 11) is 0. The third kappa shape index (κ3) is 3.19. The number of carbonyl (C=O) groups is 1. The van der Waals surface area contributed by atoms with E-state index in [0.717, 1.165) is 17.5 Å². The smallest absolute Gasteiger partial charge is 0.172 e. The average Bonchev–Trinajstić information content (AvgIpc) is 2.41. The second-order valence-corrected chi connectivity index (χ2v) is 4.66. The minimum Gasteiger partial charge on any atom is -0.487 e. The number of aryl methyl sites for hydroxylation is 3. The zero-order chi connectivity index (χ0) is 13.8. The molecule has 0 spiro atoms. The van der Waals surface area contributed by atoms with Crippen LogP contribution in [0.5, 0.6) is 5.75 Å². The van der Waals surface area contributed by atoms with Crippen molar-refractivity contribution in [3.05, 3.63) is 58.4 Å². The minimum absolute atomic E-state index is 0.351. The highest BCUT2D eigenvalue weighted by atomic mass is 16.5. The fraction of sp³-hybridized carbons (Fsp3) is 0.250. The standard InChI is InChI=1S/C16H17NO2/c1-11-4-6-14(8-12(11)2)10-19-16-7-5-13(3)17-15(16)9-18/h4-9H,10H2,1-3H3. The molecule has 1 aromatic heterocycles. The second-order valence-electron chi connectivity index (χ2n) is 4.66. The average molecular weight is 255 g/mol. The predicted octanol–water partition coefficient (Wildman–Crippen LogP) is 3.40. The van der Waals surface area contributed by atoms with Crippen molar-refractivity contribution in [2.45, 2.75) is 27.4 Å². The topological polar surface area (TPSA) is 39.2 Å². The van der Waals surface area contributed by atoms with Crippen LogP contribution in [0.25, 0.3) is 0 Å². The highest BCUT2D eigenvalue weighted by Gasteiger charge is 2.05. The number of ether oxygens (including phenoxy) is 1. The van der Waals surface area contributed by atoms with Gasteiger partial charge in [0.2, 0.25) is 0 Å². The fourth-order valence-electron chi connectivity index (χ4n) is 1.82. The summed E-state index contributed by atoms with van der Waals surface area (Å²) in [6, 6.07) is 9.82. The molecule has 0 atom stereocenters. The van der Waals surface area contributed by atoms with E-state index in [1.165, 1.54) is 11.1 Å². The summed E-state index contributed by atoms with van der Waals surface area (Å²) < 4.78 is 5.67. The predicted molar refractivity (Wildman–Crippen MR) is 74.6 cm³/mol. The van der Waals surface area contributed by atoms with E-state index in [2.05, 4.69) is 31.0 Å². The Morgan fingerprint density at radius 1 is 1.11 bits per heavy atom. The van der Waals surface area contributed by atoms with Gasteiger partial charge in [0, 0.05) is 5.69 Å². The van der Waals surface area contributed by atoms with Crippen LogP contribution in [0.1, 0.15) is 32.9 Å². The molecule has 2 aromatic rings. The normalized spacial score (nSPS) is 10.3. The van der Waals surface area contributed by atoms with E-state index in [-0.39, 0.29) is 0 Å². The molecule has 0 saturated heterocycles. The monoisotopic (exact) mass is 255 g/mol. The Bertz CT molecular complexity index is 606. The molecule has 0 aliphatic heterocycles. The van der Waals surface area contributed by atoms with Gasteiger partial charge in [0.05, 0.1) is 0 Å². The van der Waals surface area contributed by atoms with Gasteiger partial charge in [-0.1, -0.05) is 18.2 Å². The van der Waals surface area contributed by atoms with Gasteiger partial charge in [-0.2, -0.15) is 0 Å². The van der Waals surface area contributed by atoms with E-state index in [9.17, 15) is 4.79 Å². The first-order chi connectivity index (χ1) is 9.10. The van der Waals surface area contributed by atoms with Gasteiger partial charge in [0.1, 0.15) is 18.1 Å². The van der Waals surface area contributed by atoms with Gasteiger partial charge in [0.25, 0.3) is 0 Å². The van der Waals surface area contributed by atoms with E-state index >= 15 is 0 Å². The number of nitrogens with zero attached hydrogens (tertiary/aromatic N) is 1. The highest BCUT2D eigenvalue weighted by molar-refractivity contribution is 5.76. The van der Waals surface area contributed by atoms with Crippen LogP contribution >= 0.6 is 0 Å². The van der Waals surface area contributed by atoms with Crippen LogP contribution in [0, 0.1) is 20.8 Å². The van der Waals surface area contributed by atoms with Crippen LogP contribution < -0.4 is 4.74 Å². The summed E-state index contributed by atoms with van der Waals surface area (Å²) >= 11 is 0. The molecule has 98 valence electrons. The van der Waals surface area contributed by atoms with Crippen molar-refractivity contribution in [1.29, 1.82) is 0 Å². The first kappa shape index (κ1) is 13.3. The Labute approximate surface area is 113 Å². The molecule has 2 rings (SSSR count). The van der Waals surface area contributed by atoms with Gasteiger partial charge in [-0.3, -0.25) is 4.79 Å². The summed E-state index contributed by atoms with van der Waals surface area (Å²) in [6.07, 6.45) is 0.725. The molecule has 1 aromatic carbocycles. The number of aromatic nitrogens is 1. The summed E-state index contributed by atoms with van der Waals surface area (Å²) in [4.78, 5) is 15.1. The quantitative estimate of drug-likeness (QED) is 0.786.